The molecule has 0 saturated carbocycles. The average Bonchev–Trinajstić information content (AvgIpc) is 1.94. The molecule has 0 radical (unpaired) electrons. The molecule has 10 heavy (non-hydrogen) atoms. The maximum atomic E-state index is 5.75. The van der Waals surface area contributed by atoms with Crippen LogP contribution in [0.2, 0.25) is 5.02 Å². The molecule has 0 atom stereocenters. The van der Waals surface area contributed by atoms with Crippen LogP contribution in [-0.4, -0.2) is 10.2 Å². The lowest BCUT2D eigenvalue weighted by molar-refractivity contribution is 0.949. The summed E-state index contributed by atoms with van der Waals surface area (Å²) in [6.45, 7) is 3.57. The van der Waals surface area contributed by atoms with E-state index in [9.17, 15) is 0 Å². The maximum absolute atomic E-state index is 5.75. The number of halogens is 1. The van der Waals surface area contributed by atoms with Crippen molar-refractivity contribution in [3.63, 3.8) is 0 Å². The van der Waals surface area contributed by atoms with Crippen LogP contribution in [-0.2, 0) is 6.42 Å². The van der Waals surface area contributed by atoms with Gasteiger partial charge in [0.05, 0.1) is 16.9 Å². The first-order valence-electron chi connectivity index (χ1n) is 2.91. The van der Waals surface area contributed by atoms with E-state index in [1.165, 1.54) is 0 Å². The second-order valence-corrected chi connectivity index (χ2v) is 2.23. The molecule has 0 bridgehead atoms. The number of nitrogens with zero attached hydrogens (tertiary/aromatic N) is 2. The standard InChI is InChI=1S/C7H7ClN2/c1-2-3-7-6(8)4-5-9-10-7/h2,4-5H,1,3H2. The van der Waals surface area contributed by atoms with Crippen molar-refractivity contribution in [2.24, 2.45) is 0 Å². The second-order valence-electron chi connectivity index (χ2n) is 1.82. The Bertz CT molecular complexity index is 235. The average molecular weight is 155 g/mol. The van der Waals surface area contributed by atoms with Crippen LogP contribution in [0.15, 0.2) is 24.9 Å². The monoisotopic (exact) mass is 154 g/mol. The van der Waals surface area contributed by atoms with Gasteiger partial charge in [0.1, 0.15) is 0 Å². The minimum absolute atomic E-state index is 0.648. The lowest BCUT2D eigenvalue weighted by atomic mass is 10.3. The van der Waals surface area contributed by atoms with Gasteiger partial charge in [-0.2, -0.15) is 10.2 Å². The molecule has 0 saturated heterocycles. The fourth-order valence-corrected chi connectivity index (χ4v) is 0.792. The Hall–Kier alpha value is -0.890. The largest absolute Gasteiger partial charge is 0.159 e. The number of rotatable bonds is 2. The van der Waals surface area contributed by atoms with Gasteiger partial charge in [0.15, 0.2) is 0 Å². The summed E-state index contributed by atoms with van der Waals surface area (Å²) in [6, 6.07) is 1.72. The van der Waals surface area contributed by atoms with Crippen LogP contribution in [0.25, 0.3) is 0 Å². The Balaban J connectivity index is 2.91. The van der Waals surface area contributed by atoms with E-state index in [2.05, 4.69) is 16.8 Å². The van der Waals surface area contributed by atoms with Gasteiger partial charge in [0.2, 0.25) is 0 Å². The normalized spacial score (nSPS) is 9.30. The minimum Gasteiger partial charge on any atom is -0.159 e. The van der Waals surface area contributed by atoms with Crippen LogP contribution >= 0.6 is 11.6 Å². The lowest BCUT2D eigenvalue weighted by Gasteiger charge is -1.94. The summed E-state index contributed by atoms with van der Waals surface area (Å²) in [4.78, 5) is 0. The highest BCUT2D eigenvalue weighted by molar-refractivity contribution is 6.31. The molecular weight excluding hydrogens is 148 g/mol. The Morgan fingerprint density at radius 2 is 2.50 bits per heavy atom. The number of hydrogen-bond acceptors (Lipinski definition) is 2. The molecule has 0 aliphatic carbocycles. The summed E-state index contributed by atoms with van der Waals surface area (Å²) < 4.78 is 0. The molecule has 0 N–H and O–H groups in total. The summed E-state index contributed by atoms with van der Waals surface area (Å²) >= 11 is 5.75. The fraction of sp³-hybridized carbons (Fsp3) is 0.143. The highest BCUT2D eigenvalue weighted by Crippen LogP contribution is 2.10. The molecule has 2 nitrogen and oxygen atoms in total. The maximum Gasteiger partial charge on any atom is 0.0854 e. The van der Waals surface area contributed by atoms with Gasteiger partial charge in [-0.1, -0.05) is 17.7 Å². The molecule has 0 aliphatic heterocycles. The van der Waals surface area contributed by atoms with E-state index < -0.39 is 0 Å². The molecule has 0 aromatic carbocycles. The van der Waals surface area contributed by atoms with Crippen molar-refractivity contribution >= 4 is 11.6 Å². The number of hydrogen-bond donors (Lipinski definition) is 0. The van der Waals surface area contributed by atoms with Gasteiger partial charge in [-0.05, 0) is 6.07 Å². The lowest BCUT2D eigenvalue weighted by Crippen LogP contribution is -1.90. The molecule has 0 unspecified atom stereocenters. The third kappa shape index (κ3) is 1.54. The summed E-state index contributed by atoms with van der Waals surface area (Å²) in [5.41, 5.74) is 0.777. The Kier molecular flexibility index (Phi) is 2.40. The molecule has 0 spiro atoms. The van der Waals surface area contributed by atoms with E-state index in [1.807, 2.05) is 0 Å². The topological polar surface area (TPSA) is 25.8 Å². The molecule has 1 rings (SSSR count). The third-order valence-electron chi connectivity index (χ3n) is 1.08. The molecule has 1 heterocycles. The van der Waals surface area contributed by atoms with E-state index in [4.69, 9.17) is 11.6 Å². The van der Waals surface area contributed by atoms with Crippen molar-refractivity contribution in [2.45, 2.75) is 6.42 Å². The fourth-order valence-electron chi connectivity index (χ4n) is 0.621. The van der Waals surface area contributed by atoms with E-state index in [0.29, 0.717) is 11.4 Å². The van der Waals surface area contributed by atoms with E-state index in [-0.39, 0.29) is 0 Å². The molecule has 1 aromatic rings. The van der Waals surface area contributed by atoms with Crippen LogP contribution in [0, 0.1) is 0 Å². The first kappa shape index (κ1) is 7.22. The van der Waals surface area contributed by atoms with E-state index in [0.717, 1.165) is 5.69 Å². The molecule has 0 aliphatic rings. The van der Waals surface area contributed by atoms with Crippen molar-refractivity contribution in [2.75, 3.05) is 0 Å². The van der Waals surface area contributed by atoms with Crippen molar-refractivity contribution in [3.05, 3.63) is 35.6 Å². The van der Waals surface area contributed by atoms with Crippen LogP contribution < -0.4 is 0 Å². The summed E-state index contributed by atoms with van der Waals surface area (Å²) in [5, 5.41) is 8.14. The van der Waals surface area contributed by atoms with Crippen molar-refractivity contribution < 1.29 is 0 Å². The summed E-state index contributed by atoms with van der Waals surface area (Å²) in [6.07, 6.45) is 3.98. The van der Waals surface area contributed by atoms with Gasteiger partial charge in [-0.15, -0.1) is 6.58 Å². The first-order chi connectivity index (χ1) is 4.84. The summed E-state index contributed by atoms with van der Waals surface area (Å²) in [5.74, 6) is 0. The highest BCUT2D eigenvalue weighted by Gasteiger charge is 1.96. The predicted octanol–water partition coefficient (Wildman–Crippen LogP) is 1.86. The predicted molar refractivity (Wildman–Crippen MR) is 40.9 cm³/mol. The molecular formula is C7H7ClN2. The zero-order chi connectivity index (χ0) is 7.40. The Morgan fingerprint density at radius 1 is 1.70 bits per heavy atom. The zero-order valence-electron chi connectivity index (χ0n) is 5.42. The molecule has 3 heteroatoms. The zero-order valence-corrected chi connectivity index (χ0v) is 6.17. The number of aromatic nitrogens is 2. The van der Waals surface area contributed by atoms with Gasteiger partial charge >= 0.3 is 0 Å². The first-order valence-corrected chi connectivity index (χ1v) is 3.29. The highest BCUT2D eigenvalue weighted by atomic mass is 35.5. The van der Waals surface area contributed by atoms with Gasteiger partial charge in [0, 0.05) is 6.42 Å². The smallest absolute Gasteiger partial charge is 0.0854 e. The molecule has 0 fully saturated rings. The molecule has 1 aromatic heterocycles. The van der Waals surface area contributed by atoms with E-state index in [1.54, 1.807) is 18.3 Å². The Morgan fingerprint density at radius 3 is 3.10 bits per heavy atom. The van der Waals surface area contributed by atoms with Gasteiger partial charge < -0.3 is 0 Å². The molecule has 0 amide bonds. The van der Waals surface area contributed by atoms with Crippen LogP contribution in [0.1, 0.15) is 5.69 Å². The Labute approximate surface area is 64.5 Å². The van der Waals surface area contributed by atoms with Crippen LogP contribution in [0.3, 0.4) is 0 Å². The van der Waals surface area contributed by atoms with Crippen LogP contribution in [0.4, 0.5) is 0 Å². The van der Waals surface area contributed by atoms with Gasteiger partial charge in [-0.25, -0.2) is 0 Å². The van der Waals surface area contributed by atoms with Crippen molar-refractivity contribution in [1.29, 1.82) is 0 Å². The van der Waals surface area contributed by atoms with Crippen molar-refractivity contribution in [1.82, 2.24) is 10.2 Å². The number of allylic oxidation sites excluding steroid dienone is 1. The van der Waals surface area contributed by atoms with Gasteiger partial charge in [-0.3, -0.25) is 0 Å². The molecule has 52 valence electrons. The van der Waals surface area contributed by atoms with Crippen molar-refractivity contribution in [3.8, 4) is 0 Å². The van der Waals surface area contributed by atoms with E-state index >= 15 is 0 Å². The minimum atomic E-state index is 0.648. The third-order valence-corrected chi connectivity index (χ3v) is 1.42. The quantitative estimate of drug-likeness (QED) is 0.608. The van der Waals surface area contributed by atoms with Gasteiger partial charge in [0.25, 0.3) is 0 Å². The summed E-state index contributed by atoms with van der Waals surface area (Å²) in [7, 11) is 0. The van der Waals surface area contributed by atoms with Crippen LogP contribution in [0.5, 0.6) is 0 Å². The second kappa shape index (κ2) is 3.32. The SMILES string of the molecule is C=CCc1nnccc1Cl.